The number of carbonyl (C=O) groups excluding carboxylic acids is 2. The van der Waals surface area contributed by atoms with Crippen LogP contribution in [0.4, 0.5) is 11.4 Å². The number of nitrogens with one attached hydrogen (secondary N) is 1. The Morgan fingerprint density at radius 3 is 2.72 bits per heavy atom. The molecule has 18 heavy (non-hydrogen) atoms. The Hall–Kier alpha value is -1.96. The molecule has 0 saturated carbocycles. The van der Waals surface area contributed by atoms with E-state index in [1.807, 2.05) is 0 Å². The van der Waals surface area contributed by atoms with Crippen LogP contribution in [0.5, 0.6) is 0 Å². The van der Waals surface area contributed by atoms with Crippen molar-refractivity contribution >= 4 is 39.2 Å². The first-order chi connectivity index (χ1) is 8.45. The molecule has 0 spiro atoms. The second kappa shape index (κ2) is 6.10. The molecule has 0 radical (unpaired) electrons. The summed E-state index contributed by atoms with van der Waals surface area (Å²) < 4.78 is 4.92. The predicted octanol–water partition coefficient (Wildman–Crippen LogP) is 1.86. The maximum atomic E-state index is 11.4. The summed E-state index contributed by atoms with van der Waals surface area (Å²) in [5.41, 5.74) is -0.0698. The molecule has 0 aromatic heterocycles. The number of carbonyl (C=O) groups is 2. The van der Waals surface area contributed by atoms with Crippen LogP contribution in [-0.4, -0.2) is 23.4 Å². The molecule has 0 aliphatic heterocycles. The summed E-state index contributed by atoms with van der Waals surface area (Å²) in [6.07, 6.45) is 0. The third kappa shape index (κ3) is 3.52. The molecule has 1 rings (SSSR count). The first-order valence-corrected chi connectivity index (χ1v) is 5.67. The fourth-order valence-corrected chi connectivity index (χ4v) is 1.44. The van der Waals surface area contributed by atoms with E-state index in [-0.39, 0.29) is 18.0 Å². The molecule has 8 heteroatoms. The lowest BCUT2D eigenvalue weighted by Gasteiger charge is -2.06. The lowest BCUT2D eigenvalue weighted by molar-refractivity contribution is -0.384. The zero-order chi connectivity index (χ0) is 13.7. The van der Waals surface area contributed by atoms with E-state index in [0.29, 0.717) is 4.47 Å². The van der Waals surface area contributed by atoms with Crippen LogP contribution in [0.1, 0.15) is 6.92 Å². The van der Waals surface area contributed by atoms with Gasteiger partial charge in [-0.2, -0.15) is 0 Å². The van der Waals surface area contributed by atoms with Crippen LogP contribution in [0.25, 0.3) is 0 Å². The number of hydrogen-bond acceptors (Lipinski definition) is 5. The second-order valence-electron chi connectivity index (χ2n) is 3.10. The highest BCUT2D eigenvalue weighted by atomic mass is 79.9. The predicted molar refractivity (Wildman–Crippen MR) is 66.1 cm³/mol. The van der Waals surface area contributed by atoms with Gasteiger partial charge in [0, 0.05) is 16.6 Å². The number of non-ortho nitro benzene ring substituents is 1. The molecule has 0 saturated heterocycles. The highest BCUT2D eigenvalue weighted by Crippen LogP contribution is 2.27. The summed E-state index contributed by atoms with van der Waals surface area (Å²) in [6.45, 7) is 1.64. The Bertz CT molecular complexity index is 503. The van der Waals surface area contributed by atoms with Gasteiger partial charge in [-0.3, -0.25) is 14.9 Å². The monoisotopic (exact) mass is 316 g/mol. The van der Waals surface area contributed by atoms with Crippen molar-refractivity contribution in [3.05, 3.63) is 32.8 Å². The Morgan fingerprint density at radius 1 is 1.50 bits per heavy atom. The molecular formula is C10H9BrN2O5. The lowest BCUT2D eigenvalue weighted by atomic mass is 10.3. The van der Waals surface area contributed by atoms with Gasteiger partial charge >= 0.3 is 11.9 Å². The van der Waals surface area contributed by atoms with Crippen LogP contribution in [0.3, 0.4) is 0 Å². The second-order valence-corrected chi connectivity index (χ2v) is 3.95. The number of benzene rings is 1. The van der Waals surface area contributed by atoms with Gasteiger partial charge in [0.1, 0.15) is 0 Å². The summed E-state index contributed by atoms with van der Waals surface area (Å²) in [4.78, 5) is 32.4. The molecule has 0 aliphatic carbocycles. The summed E-state index contributed by atoms with van der Waals surface area (Å²) in [6, 6.07) is 3.81. The minimum Gasteiger partial charge on any atom is -0.459 e. The fraction of sp³-hybridized carbons (Fsp3) is 0.200. The van der Waals surface area contributed by atoms with Crippen LogP contribution in [0, 0.1) is 10.1 Å². The molecule has 1 aromatic carbocycles. The van der Waals surface area contributed by atoms with E-state index in [0.717, 1.165) is 6.07 Å². The molecule has 0 aliphatic rings. The topological polar surface area (TPSA) is 98.5 Å². The number of anilines is 1. The maximum absolute atomic E-state index is 11.4. The molecule has 1 amide bonds. The van der Waals surface area contributed by atoms with Crippen LogP contribution >= 0.6 is 15.9 Å². The molecule has 0 atom stereocenters. The Morgan fingerprint density at radius 2 is 2.17 bits per heavy atom. The quantitative estimate of drug-likeness (QED) is 0.397. The number of nitro benzene ring substituents is 1. The van der Waals surface area contributed by atoms with Gasteiger partial charge in [-0.25, -0.2) is 4.79 Å². The van der Waals surface area contributed by atoms with Gasteiger partial charge in [-0.05, 0) is 28.9 Å². The first-order valence-electron chi connectivity index (χ1n) is 4.87. The molecule has 0 fully saturated rings. The van der Waals surface area contributed by atoms with Gasteiger partial charge in [-0.15, -0.1) is 0 Å². The number of ether oxygens (including phenoxy) is 1. The number of amides is 1. The van der Waals surface area contributed by atoms with Crippen molar-refractivity contribution in [2.75, 3.05) is 11.9 Å². The van der Waals surface area contributed by atoms with Crippen molar-refractivity contribution in [3.8, 4) is 0 Å². The number of nitrogens with zero attached hydrogens (tertiary/aromatic N) is 1. The zero-order valence-electron chi connectivity index (χ0n) is 9.31. The third-order valence-electron chi connectivity index (χ3n) is 1.87. The minimum absolute atomic E-state index is 0.0718. The van der Waals surface area contributed by atoms with Crippen LogP contribution in [0.2, 0.25) is 0 Å². The normalized spacial score (nSPS) is 9.67. The van der Waals surface area contributed by atoms with E-state index in [1.54, 1.807) is 6.92 Å². The maximum Gasteiger partial charge on any atom is 0.397 e. The van der Waals surface area contributed by atoms with Crippen molar-refractivity contribution in [1.29, 1.82) is 0 Å². The molecule has 96 valence electrons. The molecule has 7 nitrogen and oxygen atoms in total. The molecule has 1 N–H and O–H groups in total. The summed E-state index contributed by atoms with van der Waals surface area (Å²) in [7, 11) is 0. The summed E-state index contributed by atoms with van der Waals surface area (Å²) in [5.74, 6) is -2.03. The fourth-order valence-electron chi connectivity index (χ4n) is 1.09. The average molecular weight is 317 g/mol. The molecule has 0 heterocycles. The smallest absolute Gasteiger partial charge is 0.397 e. The first kappa shape index (κ1) is 14.1. The number of hydrogen-bond donors (Lipinski definition) is 1. The van der Waals surface area contributed by atoms with Crippen molar-refractivity contribution in [3.63, 3.8) is 0 Å². The van der Waals surface area contributed by atoms with E-state index in [2.05, 4.69) is 26.0 Å². The SMILES string of the molecule is CCOC(=O)C(=O)Nc1cc([N+](=O)[O-])ccc1Br. The number of nitro groups is 1. The van der Waals surface area contributed by atoms with Gasteiger partial charge in [0.25, 0.3) is 5.69 Å². The highest BCUT2D eigenvalue weighted by Gasteiger charge is 2.17. The van der Waals surface area contributed by atoms with Crippen molar-refractivity contribution in [1.82, 2.24) is 0 Å². The lowest BCUT2D eigenvalue weighted by Crippen LogP contribution is -2.25. The van der Waals surface area contributed by atoms with E-state index in [9.17, 15) is 19.7 Å². The average Bonchev–Trinajstić information content (AvgIpc) is 2.31. The number of rotatable bonds is 3. The Balaban J connectivity index is 2.90. The van der Waals surface area contributed by atoms with Gasteiger partial charge in [0.15, 0.2) is 0 Å². The zero-order valence-corrected chi connectivity index (χ0v) is 10.9. The van der Waals surface area contributed by atoms with Gasteiger partial charge in [0.2, 0.25) is 0 Å². The number of halogens is 1. The van der Waals surface area contributed by atoms with Crippen molar-refractivity contribution < 1.29 is 19.2 Å². The largest absolute Gasteiger partial charge is 0.459 e. The summed E-state index contributed by atoms with van der Waals surface area (Å²) >= 11 is 3.11. The van der Waals surface area contributed by atoms with Gasteiger partial charge in [-0.1, -0.05) is 0 Å². The van der Waals surface area contributed by atoms with Crippen LogP contribution < -0.4 is 5.32 Å². The van der Waals surface area contributed by atoms with Crippen LogP contribution in [0.15, 0.2) is 22.7 Å². The molecule has 1 aromatic rings. The van der Waals surface area contributed by atoms with Gasteiger partial charge < -0.3 is 10.1 Å². The Kier molecular flexibility index (Phi) is 4.78. The van der Waals surface area contributed by atoms with Crippen molar-refractivity contribution in [2.45, 2.75) is 6.92 Å². The minimum atomic E-state index is -1.05. The van der Waals surface area contributed by atoms with E-state index in [1.165, 1.54) is 12.1 Å². The molecular weight excluding hydrogens is 308 g/mol. The van der Waals surface area contributed by atoms with Crippen LogP contribution in [-0.2, 0) is 14.3 Å². The highest BCUT2D eigenvalue weighted by molar-refractivity contribution is 9.10. The Labute approximate surface area is 110 Å². The number of esters is 1. The van der Waals surface area contributed by atoms with Gasteiger partial charge in [0.05, 0.1) is 17.2 Å². The van der Waals surface area contributed by atoms with E-state index < -0.39 is 16.8 Å². The third-order valence-corrected chi connectivity index (χ3v) is 2.56. The van der Waals surface area contributed by atoms with Crippen molar-refractivity contribution in [2.24, 2.45) is 0 Å². The molecule has 0 bridgehead atoms. The van der Waals surface area contributed by atoms with E-state index >= 15 is 0 Å². The standard InChI is InChI=1S/C10H9BrN2O5/c1-2-18-10(15)9(14)12-8-5-6(13(16)17)3-4-7(8)11/h3-5H,2H2,1H3,(H,12,14). The molecule has 0 unspecified atom stereocenters. The summed E-state index contributed by atoms with van der Waals surface area (Å²) in [5, 5.41) is 12.8. The van der Waals surface area contributed by atoms with E-state index in [4.69, 9.17) is 0 Å².